The molecule has 0 bridgehead atoms. The second-order valence-corrected chi connectivity index (χ2v) is 12.7. The summed E-state index contributed by atoms with van der Waals surface area (Å²) in [5.74, 6) is 0. The Balaban J connectivity index is 1.04. The third kappa shape index (κ3) is 6.63. The van der Waals surface area contributed by atoms with E-state index in [1.54, 1.807) is 0 Å². The molecule has 0 aliphatic carbocycles. The van der Waals surface area contributed by atoms with Gasteiger partial charge in [0.2, 0.25) is 0 Å². The van der Waals surface area contributed by atoms with E-state index >= 15 is 0 Å². The summed E-state index contributed by atoms with van der Waals surface area (Å²) in [6.45, 7) is 2.14. The summed E-state index contributed by atoms with van der Waals surface area (Å²) < 4.78 is 0. The minimum Gasteiger partial charge on any atom is -0.0622 e. The van der Waals surface area contributed by atoms with Gasteiger partial charge in [0.1, 0.15) is 0 Å². The molecule has 8 rings (SSSR count). The maximum Gasteiger partial charge on any atom is -0.0178 e. The molecule has 0 unspecified atom stereocenters. The largest absolute Gasteiger partial charge is 0.0622 e. The number of hydrogen-bond donors (Lipinski definition) is 0. The molecular weight excluding hydrogens is 589 g/mol. The molecule has 0 aliphatic rings. The average molecular weight is 625 g/mol. The zero-order valence-corrected chi connectivity index (χ0v) is 27.6. The van der Waals surface area contributed by atoms with Crippen LogP contribution in [0.1, 0.15) is 5.56 Å². The van der Waals surface area contributed by atoms with Gasteiger partial charge in [-0.15, -0.1) is 0 Å². The van der Waals surface area contributed by atoms with Gasteiger partial charge in [0.15, 0.2) is 0 Å². The SMILES string of the molecule is Cc1cccc(-c2ccc(-c3cccc(-c4cccc(-c5cccc(-c6cccc(-c7ccc(-c8ccccc8)cc7)c6)c5)c4)c3)cc2)c1. The van der Waals surface area contributed by atoms with Crippen molar-refractivity contribution in [2.45, 2.75) is 6.92 Å². The Bertz CT molecular complexity index is 2360. The van der Waals surface area contributed by atoms with Crippen molar-refractivity contribution in [2.24, 2.45) is 0 Å². The van der Waals surface area contributed by atoms with E-state index in [2.05, 4.69) is 207 Å². The summed E-state index contributed by atoms with van der Waals surface area (Å²) in [6.07, 6.45) is 0. The molecule has 0 radical (unpaired) electrons. The molecule has 0 aromatic heterocycles. The van der Waals surface area contributed by atoms with Gasteiger partial charge in [-0.1, -0.05) is 181 Å². The highest BCUT2D eigenvalue weighted by atomic mass is 14.1. The highest BCUT2D eigenvalue weighted by molar-refractivity contribution is 5.81. The zero-order valence-electron chi connectivity index (χ0n) is 27.6. The van der Waals surface area contributed by atoms with Crippen LogP contribution in [-0.4, -0.2) is 0 Å². The summed E-state index contributed by atoms with van der Waals surface area (Å²) >= 11 is 0. The average Bonchev–Trinajstić information content (AvgIpc) is 3.19. The van der Waals surface area contributed by atoms with Crippen molar-refractivity contribution in [1.29, 1.82) is 0 Å². The summed E-state index contributed by atoms with van der Waals surface area (Å²) in [5.41, 5.74) is 18.4. The van der Waals surface area contributed by atoms with Crippen molar-refractivity contribution >= 4 is 0 Å². The zero-order chi connectivity index (χ0) is 33.0. The molecule has 0 amide bonds. The van der Waals surface area contributed by atoms with E-state index in [4.69, 9.17) is 0 Å². The maximum absolute atomic E-state index is 2.31. The Kier molecular flexibility index (Phi) is 8.28. The van der Waals surface area contributed by atoms with Crippen LogP contribution in [0.2, 0.25) is 0 Å². The second-order valence-electron chi connectivity index (χ2n) is 12.7. The van der Waals surface area contributed by atoms with Gasteiger partial charge < -0.3 is 0 Å². The molecule has 0 fully saturated rings. The molecular formula is C49H36. The van der Waals surface area contributed by atoms with Gasteiger partial charge in [0, 0.05) is 0 Å². The molecule has 0 heteroatoms. The lowest BCUT2D eigenvalue weighted by molar-refractivity contribution is 1.47. The lowest BCUT2D eigenvalue weighted by Crippen LogP contribution is -1.86. The van der Waals surface area contributed by atoms with Gasteiger partial charge in [-0.05, 0) is 109 Å². The van der Waals surface area contributed by atoms with Gasteiger partial charge >= 0.3 is 0 Å². The molecule has 0 N–H and O–H groups in total. The van der Waals surface area contributed by atoms with E-state index in [9.17, 15) is 0 Å². The highest BCUT2D eigenvalue weighted by Crippen LogP contribution is 2.34. The van der Waals surface area contributed by atoms with Crippen LogP contribution in [0.25, 0.3) is 77.9 Å². The Morgan fingerprint density at radius 3 is 0.735 bits per heavy atom. The fraction of sp³-hybridized carbons (Fsp3) is 0.0204. The first-order chi connectivity index (χ1) is 24.2. The van der Waals surface area contributed by atoms with Gasteiger partial charge in [0.05, 0.1) is 0 Å². The Hall–Kier alpha value is -6.24. The van der Waals surface area contributed by atoms with Crippen LogP contribution in [-0.2, 0) is 0 Å². The van der Waals surface area contributed by atoms with Crippen LogP contribution < -0.4 is 0 Å². The monoisotopic (exact) mass is 624 g/mol. The second kappa shape index (κ2) is 13.5. The molecule has 0 aliphatic heterocycles. The molecule has 0 saturated heterocycles. The van der Waals surface area contributed by atoms with Crippen molar-refractivity contribution in [3.05, 3.63) is 206 Å². The van der Waals surface area contributed by atoms with Crippen LogP contribution in [0.4, 0.5) is 0 Å². The summed E-state index contributed by atoms with van der Waals surface area (Å²) in [7, 11) is 0. The van der Waals surface area contributed by atoms with Crippen LogP contribution >= 0.6 is 0 Å². The molecule has 49 heavy (non-hydrogen) atoms. The maximum atomic E-state index is 2.31. The van der Waals surface area contributed by atoms with E-state index in [0.717, 1.165) is 0 Å². The van der Waals surface area contributed by atoms with Crippen LogP contribution in [0.3, 0.4) is 0 Å². The van der Waals surface area contributed by atoms with E-state index in [1.165, 1.54) is 83.5 Å². The van der Waals surface area contributed by atoms with Crippen molar-refractivity contribution in [3.63, 3.8) is 0 Å². The predicted molar refractivity (Wildman–Crippen MR) is 209 cm³/mol. The lowest BCUT2D eigenvalue weighted by atomic mass is 9.93. The van der Waals surface area contributed by atoms with Crippen molar-refractivity contribution in [3.8, 4) is 77.9 Å². The third-order valence-electron chi connectivity index (χ3n) is 9.35. The minimum atomic E-state index is 1.21. The van der Waals surface area contributed by atoms with E-state index < -0.39 is 0 Å². The van der Waals surface area contributed by atoms with Crippen molar-refractivity contribution in [1.82, 2.24) is 0 Å². The number of hydrogen-bond acceptors (Lipinski definition) is 0. The summed E-state index contributed by atoms with van der Waals surface area (Å²) in [4.78, 5) is 0. The molecule has 0 atom stereocenters. The van der Waals surface area contributed by atoms with E-state index in [-0.39, 0.29) is 0 Å². The van der Waals surface area contributed by atoms with Gasteiger partial charge in [0.25, 0.3) is 0 Å². The summed E-state index contributed by atoms with van der Waals surface area (Å²) in [5, 5.41) is 0. The van der Waals surface area contributed by atoms with Crippen molar-refractivity contribution in [2.75, 3.05) is 0 Å². The lowest BCUT2D eigenvalue weighted by Gasteiger charge is -2.11. The van der Waals surface area contributed by atoms with Crippen molar-refractivity contribution < 1.29 is 0 Å². The third-order valence-corrected chi connectivity index (χ3v) is 9.35. The standard InChI is InChI=1S/C49H36/c1-35-10-5-13-41(30-35)38-26-28-40(29-27-38)43-15-7-17-45(32-43)47-19-9-21-49(34-47)48-20-8-18-46(33-48)44-16-6-14-42(31-44)39-24-22-37(23-25-39)36-11-3-2-4-12-36/h2-34H,1H3. The Morgan fingerprint density at radius 2 is 0.408 bits per heavy atom. The van der Waals surface area contributed by atoms with Crippen LogP contribution in [0.15, 0.2) is 200 Å². The molecule has 232 valence electrons. The van der Waals surface area contributed by atoms with E-state index in [1.807, 2.05) is 0 Å². The fourth-order valence-corrected chi connectivity index (χ4v) is 6.68. The van der Waals surface area contributed by atoms with E-state index in [0.29, 0.717) is 0 Å². The first kappa shape index (κ1) is 30.1. The molecule has 0 nitrogen and oxygen atoms in total. The van der Waals surface area contributed by atoms with Crippen LogP contribution in [0.5, 0.6) is 0 Å². The Morgan fingerprint density at radius 1 is 0.184 bits per heavy atom. The fourth-order valence-electron chi connectivity index (χ4n) is 6.68. The quantitative estimate of drug-likeness (QED) is 0.165. The van der Waals surface area contributed by atoms with Gasteiger partial charge in [-0.2, -0.15) is 0 Å². The summed E-state index contributed by atoms with van der Waals surface area (Å²) in [6, 6.07) is 72.5. The Labute approximate surface area is 289 Å². The van der Waals surface area contributed by atoms with Gasteiger partial charge in [-0.25, -0.2) is 0 Å². The molecule has 8 aromatic carbocycles. The first-order valence-corrected chi connectivity index (χ1v) is 16.9. The molecule has 8 aromatic rings. The first-order valence-electron chi connectivity index (χ1n) is 16.9. The topological polar surface area (TPSA) is 0 Å². The molecule has 0 saturated carbocycles. The van der Waals surface area contributed by atoms with Crippen LogP contribution in [0, 0.1) is 6.92 Å². The highest BCUT2D eigenvalue weighted by Gasteiger charge is 2.08. The number of benzene rings is 8. The minimum absolute atomic E-state index is 1.21. The predicted octanol–water partition coefficient (Wildman–Crippen LogP) is 13.7. The number of aryl methyl sites for hydroxylation is 1. The molecule has 0 spiro atoms. The number of rotatable bonds is 7. The molecule has 0 heterocycles. The normalized spacial score (nSPS) is 11.0. The van der Waals surface area contributed by atoms with Gasteiger partial charge in [-0.3, -0.25) is 0 Å². The smallest absolute Gasteiger partial charge is 0.0178 e.